The fourth-order valence-electron chi connectivity index (χ4n) is 5.46. The number of quaternary nitrogens is 1. The molecule has 41 heavy (non-hydrogen) atoms. The van der Waals surface area contributed by atoms with Gasteiger partial charge in [0.05, 0.1) is 30.2 Å². The van der Waals surface area contributed by atoms with Crippen LogP contribution < -0.4 is 19.7 Å². The van der Waals surface area contributed by atoms with Crippen molar-refractivity contribution in [2.24, 2.45) is 5.41 Å². The van der Waals surface area contributed by atoms with Crippen molar-refractivity contribution in [3.05, 3.63) is 72.0 Å². The highest BCUT2D eigenvalue weighted by molar-refractivity contribution is 7.90. The zero-order chi connectivity index (χ0) is 29.6. The summed E-state index contributed by atoms with van der Waals surface area (Å²) in [7, 11) is -3.29. The normalized spacial score (nSPS) is 17.2. The second kappa shape index (κ2) is 13.0. The molecule has 4 rings (SSSR count). The molecule has 0 aliphatic carbocycles. The number of amides is 1. The summed E-state index contributed by atoms with van der Waals surface area (Å²) >= 11 is 0. The highest BCUT2D eigenvalue weighted by Crippen LogP contribution is 2.41. The zero-order valence-electron chi connectivity index (χ0n) is 24.3. The molecule has 7 nitrogen and oxygen atoms in total. The SMILES string of the molecule is CCOc1cc(C[NH2+]CCC2(CC)CC(=O)N(c3ccc(S(C)(=O)=O)cc3)C2)cc(OCC)c1-c1ccc(F)cc1. The van der Waals surface area contributed by atoms with Crippen LogP contribution in [0.25, 0.3) is 11.1 Å². The molecule has 0 aromatic heterocycles. The second-order valence-electron chi connectivity index (χ2n) is 10.6. The Labute approximate surface area is 242 Å². The summed E-state index contributed by atoms with van der Waals surface area (Å²) in [5.41, 5.74) is 3.30. The monoisotopic (exact) mass is 583 g/mol. The van der Waals surface area contributed by atoms with Crippen molar-refractivity contribution < 1.29 is 32.4 Å². The van der Waals surface area contributed by atoms with Gasteiger partial charge in [-0.25, -0.2) is 12.8 Å². The Morgan fingerprint density at radius 3 is 2.10 bits per heavy atom. The van der Waals surface area contributed by atoms with Crippen molar-refractivity contribution in [3.8, 4) is 22.6 Å². The van der Waals surface area contributed by atoms with Crippen molar-refractivity contribution >= 4 is 21.4 Å². The van der Waals surface area contributed by atoms with Gasteiger partial charge in [-0.2, -0.15) is 0 Å². The van der Waals surface area contributed by atoms with Crippen LogP contribution >= 0.6 is 0 Å². The summed E-state index contributed by atoms with van der Waals surface area (Å²) in [5, 5.41) is 2.24. The van der Waals surface area contributed by atoms with Gasteiger partial charge in [-0.05, 0) is 74.4 Å². The smallest absolute Gasteiger partial charge is 0.227 e. The molecule has 0 radical (unpaired) electrons. The Morgan fingerprint density at radius 2 is 1.56 bits per heavy atom. The van der Waals surface area contributed by atoms with Crippen LogP contribution in [0.4, 0.5) is 10.1 Å². The standard InChI is InChI=1S/C32H39FN2O5S/c1-5-32(20-30(36)35(22-32)26-12-14-27(15-13-26)41(4,37)38)16-17-34-21-23-18-28(39-6-2)31(29(19-23)40-7-3)24-8-10-25(33)11-9-24/h8-15,18-19,34H,5-7,16-17,20-22H2,1-4H3/p+1. The predicted octanol–water partition coefficient (Wildman–Crippen LogP) is 4.98. The van der Waals surface area contributed by atoms with Crippen LogP contribution in [-0.4, -0.2) is 46.9 Å². The van der Waals surface area contributed by atoms with E-state index >= 15 is 0 Å². The first-order valence-electron chi connectivity index (χ1n) is 14.2. The first-order chi connectivity index (χ1) is 19.6. The molecule has 1 unspecified atom stereocenters. The maximum atomic E-state index is 13.6. The molecule has 0 saturated carbocycles. The Morgan fingerprint density at radius 1 is 0.951 bits per heavy atom. The van der Waals surface area contributed by atoms with E-state index in [1.165, 1.54) is 18.4 Å². The van der Waals surface area contributed by atoms with Gasteiger partial charge < -0.3 is 19.7 Å². The quantitative estimate of drug-likeness (QED) is 0.287. The van der Waals surface area contributed by atoms with Gasteiger partial charge >= 0.3 is 0 Å². The van der Waals surface area contributed by atoms with Crippen molar-refractivity contribution in [1.82, 2.24) is 0 Å². The molecular weight excluding hydrogens is 543 g/mol. The Balaban J connectivity index is 1.44. The molecule has 1 aliphatic rings. The number of rotatable bonds is 13. The summed E-state index contributed by atoms with van der Waals surface area (Å²) in [6, 6.07) is 16.9. The minimum absolute atomic E-state index is 0.0676. The van der Waals surface area contributed by atoms with Gasteiger partial charge in [0.25, 0.3) is 0 Å². The predicted molar refractivity (Wildman–Crippen MR) is 159 cm³/mol. The fourth-order valence-corrected chi connectivity index (χ4v) is 6.09. The number of nitrogens with zero attached hydrogens (tertiary/aromatic N) is 1. The minimum atomic E-state index is -3.29. The number of anilines is 1. The first-order valence-corrected chi connectivity index (χ1v) is 16.1. The van der Waals surface area contributed by atoms with Gasteiger partial charge in [0.2, 0.25) is 5.91 Å². The Hall–Kier alpha value is -3.43. The second-order valence-corrected chi connectivity index (χ2v) is 12.7. The van der Waals surface area contributed by atoms with Crippen LogP contribution in [-0.2, 0) is 21.2 Å². The molecule has 1 atom stereocenters. The number of sulfone groups is 1. The van der Waals surface area contributed by atoms with Gasteiger partial charge in [-0.3, -0.25) is 4.79 Å². The van der Waals surface area contributed by atoms with Gasteiger partial charge in [0.15, 0.2) is 9.84 Å². The summed E-state index contributed by atoms with van der Waals surface area (Å²) in [6.07, 6.45) is 3.40. The maximum absolute atomic E-state index is 13.6. The number of carbonyl (C=O) groups excluding carboxylic acids is 1. The summed E-state index contributed by atoms with van der Waals surface area (Å²) in [6.45, 7) is 9.16. The van der Waals surface area contributed by atoms with E-state index in [9.17, 15) is 17.6 Å². The molecule has 1 amide bonds. The van der Waals surface area contributed by atoms with E-state index < -0.39 is 9.84 Å². The molecule has 9 heteroatoms. The molecule has 1 heterocycles. The molecule has 0 spiro atoms. The number of ether oxygens (including phenoxy) is 2. The largest absolute Gasteiger partial charge is 0.493 e. The average Bonchev–Trinajstić information content (AvgIpc) is 3.28. The van der Waals surface area contributed by atoms with Gasteiger partial charge in [0.1, 0.15) is 23.9 Å². The lowest BCUT2D eigenvalue weighted by atomic mass is 9.81. The maximum Gasteiger partial charge on any atom is 0.227 e. The van der Waals surface area contributed by atoms with Crippen molar-refractivity contribution in [3.63, 3.8) is 0 Å². The number of nitrogens with two attached hydrogens (primary N) is 1. The lowest BCUT2D eigenvalue weighted by Crippen LogP contribution is -2.83. The zero-order valence-corrected chi connectivity index (χ0v) is 25.1. The molecule has 3 aromatic carbocycles. The Bertz CT molecular complexity index is 1430. The van der Waals surface area contributed by atoms with Gasteiger partial charge in [-0.1, -0.05) is 19.1 Å². The van der Waals surface area contributed by atoms with Crippen molar-refractivity contribution in [1.29, 1.82) is 0 Å². The summed E-state index contributed by atoms with van der Waals surface area (Å²) < 4.78 is 49.2. The molecular formula is C32H40FN2O5S+. The van der Waals surface area contributed by atoms with Crippen molar-refractivity contribution in [2.45, 2.75) is 51.5 Å². The van der Waals surface area contributed by atoms with Crippen LogP contribution in [0.1, 0.15) is 45.6 Å². The van der Waals surface area contributed by atoms with Crippen LogP contribution in [0.3, 0.4) is 0 Å². The van der Waals surface area contributed by atoms with Gasteiger partial charge in [-0.15, -0.1) is 0 Å². The van der Waals surface area contributed by atoms with Crippen LogP contribution in [0.5, 0.6) is 11.5 Å². The number of carbonyl (C=O) groups is 1. The lowest BCUT2D eigenvalue weighted by Gasteiger charge is -2.27. The minimum Gasteiger partial charge on any atom is -0.493 e. The number of hydrogen-bond donors (Lipinski definition) is 1. The first kappa shape index (κ1) is 30.5. The van der Waals surface area contributed by atoms with E-state index in [-0.39, 0.29) is 22.0 Å². The fraction of sp³-hybridized carbons (Fsp3) is 0.406. The molecule has 1 saturated heterocycles. The van der Waals surface area contributed by atoms with E-state index in [1.54, 1.807) is 41.3 Å². The van der Waals surface area contributed by atoms with E-state index in [2.05, 4.69) is 12.2 Å². The topological polar surface area (TPSA) is 89.5 Å². The summed E-state index contributed by atoms with van der Waals surface area (Å²) in [4.78, 5) is 15.0. The molecule has 1 aliphatic heterocycles. The average molecular weight is 584 g/mol. The van der Waals surface area contributed by atoms with E-state index in [4.69, 9.17) is 9.47 Å². The number of halogens is 1. The molecule has 220 valence electrons. The van der Waals surface area contributed by atoms with E-state index in [0.29, 0.717) is 44.2 Å². The molecule has 2 N–H and O–H groups in total. The molecule has 1 fully saturated rings. The van der Waals surface area contributed by atoms with E-state index in [0.717, 1.165) is 41.8 Å². The number of hydrogen-bond acceptors (Lipinski definition) is 5. The van der Waals surface area contributed by atoms with E-state index in [1.807, 2.05) is 26.0 Å². The van der Waals surface area contributed by atoms with Gasteiger partial charge in [0, 0.05) is 42.3 Å². The van der Waals surface area contributed by atoms with Crippen molar-refractivity contribution in [2.75, 3.05) is 37.5 Å². The molecule has 3 aromatic rings. The highest BCUT2D eigenvalue weighted by atomic mass is 32.2. The highest BCUT2D eigenvalue weighted by Gasteiger charge is 2.42. The van der Waals surface area contributed by atoms with Crippen LogP contribution in [0.15, 0.2) is 65.6 Å². The van der Waals surface area contributed by atoms with Crippen LogP contribution in [0, 0.1) is 11.2 Å². The van der Waals surface area contributed by atoms with Crippen LogP contribution in [0.2, 0.25) is 0 Å². The lowest BCUT2D eigenvalue weighted by molar-refractivity contribution is -0.672. The third-order valence-corrected chi connectivity index (χ3v) is 8.89. The number of benzene rings is 3. The molecule has 0 bridgehead atoms. The third-order valence-electron chi connectivity index (χ3n) is 7.76. The summed E-state index contributed by atoms with van der Waals surface area (Å²) in [5.74, 6) is 1.19. The Kier molecular flexibility index (Phi) is 9.71. The third kappa shape index (κ3) is 7.26.